The van der Waals surface area contributed by atoms with E-state index < -0.39 is 10.0 Å². The van der Waals surface area contributed by atoms with Crippen molar-refractivity contribution in [1.29, 1.82) is 0 Å². The molecule has 1 unspecified atom stereocenters. The first kappa shape index (κ1) is 20.6. The van der Waals surface area contributed by atoms with Gasteiger partial charge in [-0.05, 0) is 50.1 Å². The van der Waals surface area contributed by atoms with Gasteiger partial charge in [-0.2, -0.15) is 0 Å². The number of carbonyl (C=O) groups excluding carboxylic acids is 1. The minimum absolute atomic E-state index is 0.0501. The first-order valence-electron chi connectivity index (χ1n) is 8.31. The average Bonchev–Trinajstić information content (AvgIpc) is 2.54. The van der Waals surface area contributed by atoms with Crippen molar-refractivity contribution in [2.24, 2.45) is 0 Å². The number of rotatable bonds is 7. The lowest BCUT2D eigenvalue weighted by molar-refractivity contribution is -0.121. The Morgan fingerprint density at radius 2 is 1.77 bits per heavy atom. The van der Waals surface area contributed by atoms with E-state index in [0.29, 0.717) is 5.56 Å². The summed E-state index contributed by atoms with van der Waals surface area (Å²) in [6.45, 7) is 5.61. The van der Waals surface area contributed by atoms with Crippen molar-refractivity contribution < 1.29 is 13.2 Å². The standard InChI is InChI=1S/C19H23BrN2O3S/c1-13-4-9-18(14(2)12-13)26(24,25)21-11-10-19(23)22-15(3)16-5-7-17(20)8-6-16/h4-9,12,15,21H,10-11H2,1-3H3,(H,22,23). The third-order valence-corrected chi connectivity index (χ3v) is 6.16. The molecule has 0 aromatic heterocycles. The van der Waals surface area contributed by atoms with Crippen molar-refractivity contribution in [3.8, 4) is 0 Å². The Morgan fingerprint density at radius 3 is 2.38 bits per heavy atom. The molecule has 0 fully saturated rings. The van der Waals surface area contributed by atoms with Crippen LogP contribution in [0.4, 0.5) is 0 Å². The second kappa shape index (κ2) is 8.79. The number of hydrogen-bond acceptors (Lipinski definition) is 3. The molecule has 0 aliphatic carbocycles. The maximum absolute atomic E-state index is 12.4. The second-order valence-electron chi connectivity index (χ2n) is 6.26. The maximum atomic E-state index is 12.4. The highest BCUT2D eigenvalue weighted by atomic mass is 79.9. The number of sulfonamides is 1. The number of benzene rings is 2. The molecule has 2 N–H and O–H groups in total. The first-order chi connectivity index (χ1) is 12.2. The molecular formula is C19H23BrN2O3S. The van der Waals surface area contributed by atoms with Crippen LogP contribution in [0, 0.1) is 13.8 Å². The summed E-state index contributed by atoms with van der Waals surface area (Å²) in [6, 6.07) is 12.7. The predicted molar refractivity (Wildman–Crippen MR) is 106 cm³/mol. The van der Waals surface area contributed by atoms with Crippen molar-refractivity contribution in [2.75, 3.05) is 6.54 Å². The molecule has 0 spiro atoms. The zero-order chi connectivity index (χ0) is 19.3. The lowest BCUT2D eigenvalue weighted by atomic mass is 10.1. The van der Waals surface area contributed by atoms with E-state index in [2.05, 4.69) is 26.0 Å². The van der Waals surface area contributed by atoms with E-state index in [-0.39, 0.29) is 29.8 Å². The molecule has 140 valence electrons. The molecule has 0 bridgehead atoms. The van der Waals surface area contributed by atoms with Crippen LogP contribution < -0.4 is 10.0 Å². The summed E-state index contributed by atoms with van der Waals surface area (Å²) in [5, 5.41) is 2.87. The van der Waals surface area contributed by atoms with Crippen molar-refractivity contribution in [2.45, 2.75) is 38.1 Å². The van der Waals surface area contributed by atoms with Crippen molar-refractivity contribution in [3.05, 3.63) is 63.6 Å². The highest BCUT2D eigenvalue weighted by Gasteiger charge is 2.17. The molecule has 0 aliphatic heterocycles. The smallest absolute Gasteiger partial charge is 0.240 e. The van der Waals surface area contributed by atoms with Crippen molar-refractivity contribution in [3.63, 3.8) is 0 Å². The molecular weight excluding hydrogens is 416 g/mol. The maximum Gasteiger partial charge on any atom is 0.240 e. The van der Waals surface area contributed by atoms with E-state index in [4.69, 9.17) is 0 Å². The predicted octanol–water partition coefficient (Wildman–Crippen LogP) is 3.61. The summed E-state index contributed by atoms with van der Waals surface area (Å²) in [4.78, 5) is 12.3. The molecule has 0 saturated heterocycles. The molecule has 26 heavy (non-hydrogen) atoms. The van der Waals surface area contributed by atoms with Crippen LogP contribution in [0.1, 0.15) is 36.1 Å². The van der Waals surface area contributed by atoms with Gasteiger partial charge in [-0.3, -0.25) is 4.79 Å². The number of aryl methyl sites for hydroxylation is 2. The number of halogens is 1. The zero-order valence-corrected chi connectivity index (χ0v) is 17.4. The van der Waals surface area contributed by atoms with Gasteiger partial charge in [0.05, 0.1) is 10.9 Å². The van der Waals surface area contributed by atoms with Gasteiger partial charge in [0.1, 0.15) is 0 Å². The van der Waals surface area contributed by atoms with Crippen LogP contribution in [0.3, 0.4) is 0 Å². The van der Waals surface area contributed by atoms with E-state index in [1.54, 1.807) is 19.1 Å². The number of amides is 1. The van der Waals surface area contributed by atoms with E-state index in [1.807, 2.05) is 44.2 Å². The van der Waals surface area contributed by atoms with Gasteiger partial charge < -0.3 is 5.32 Å². The summed E-state index contributed by atoms with van der Waals surface area (Å²) >= 11 is 3.37. The molecule has 1 atom stereocenters. The highest BCUT2D eigenvalue weighted by molar-refractivity contribution is 9.10. The van der Waals surface area contributed by atoms with Gasteiger partial charge in [0.2, 0.25) is 15.9 Å². The average molecular weight is 439 g/mol. The van der Waals surface area contributed by atoms with E-state index in [0.717, 1.165) is 15.6 Å². The largest absolute Gasteiger partial charge is 0.350 e. The van der Waals surface area contributed by atoms with E-state index in [1.165, 1.54) is 0 Å². The Hall–Kier alpha value is -1.70. The summed E-state index contributed by atoms with van der Waals surface area (Å²) in [7, 11) is -3.62. The SMILES string of the molecule is Cc1ccc(S(=O)(=O)NCCC(=O)NC(C)c2ccc(Br)cc2)c(C)c1. The topological polar surface area (TPSA) is 75.3 Å². The van der Waals surface area contributed by atoms with Crippen LogP contribution in [-0.2, 0) is 14.8 Å². The fourth-order valence-electron chi connectivity index (χ4n) is 2.63. The van der Waals surface area contributed by atoms with Crippen LogP contribution in [0.15, 0.2) is 51.8 Å². The Labute approximate surface area is 163 Å². The molecule has 5 nitrogen and oxygen atoms in total. The normalized spacial score (nSPS) is 12.6. The zero-order valence-electron chi connectivity index (χ0n) is 15.0. The summed E-state index contributed by atoms with van der Waals surface area (Å²) in [5.74, 6) is -0.205. The fraction of sp³-hybridized carbons (Fsp3) is 0.316. The van der Waals surface area contributed by atoms with E-state index in [9.17, 15) is 13.2 Å². The Morgan fingerprint density at radius 1 is 1.12 bits per heavy atom. The van der Waals surface area contributed by atoms with E-state index >= 15 is 0 Å². The fourth-order valence-corrected chi connectivity index (χ4v) is 4.15. The van der Waals surface area contributed by atoms with Gasteiger partial charge >= 0.3 is 0 Å². The molecule has 0 radical (unpaired) electrons. The first-order valence-corrected chi connectivity index (χ1v) is 10.6. The molecule has 0 saturated carbocycles. The van der Waals surface area contributed by atoms with Crippen molar-refractivity contribution >= 4 is 31.9 Å². The number of nitrogens with one attached hydrogen (secondary N) is 2. The molecule has 0 aliphatic rings. The van der Waals surface area contributed by atoms with Gasteiger partial charge in [0.15, 0.2) is 0 Å². The quantitative estimate of drug-likeness (QED) is 0.692. The molecule has 0 heterocycles. The summed E-state index contributed by atoms with van der Waals surface area (Å²) in [5.41, 5.74) is 2.67. The molecule has 2 aromatic rings. The van der Waals surface area contributed by atoms with Gasteiger partial charge in [-0.1, -0.05) is 45.8 Å². The number of hydrogen-bond donors (Lipinski definition) is 2. The highest BCUT2D eigenvalue weighted by Crippen LogP contribution is 2.17. The van der Waals surface area contributed by atoms with Gasteiger partial charge in [-0.15, -0.1) is 0 Å². The Kier molecular flexibility index (Phi) is 6.97. The van der Waals surface area contributed by atoms with Crippen LogP contribution in [0.2, 0.25) is 0 Å². The molecule has 2 aromatic carbocycles. The third kappa shape index (κ3) is 5.65. The molecule has 7 heteroatoms. The lowest BCUT2D eigenvalue weighted by Gasteiger charge is -2.15. The van der Waals surface area contributed by atoms with Crippen molar-refractivity contribution in [1.82, 2.24) is 10.0 Å². The number of carbonyl (C=O) groups is 1. The minimum Gasteiger partial charge on any atom is -0.350 e. The van der Waals surface area contributed by atoms with Gasteiger partial charge in [0.25, 0.3) is 0 Å². The Bertz CT molecular complexity index is 880. The van der Waals surface area contributed by atoms with Gasteiger partial charge in [0, 0.05) is 17.4 Å². The Balaban J connectivity index is 1.88. The lowest BCUT2D eigenvalue weighted by Crippen LogP contribution is -2.32. The third-order valence-electron chi connectivity index (χ3n) is 4.01. The second-order valence-corrected chi connectivity index (χ2v) is 8.91. The summed E-state index contributed by atoms with van der Waals surface area (Å²) in [6.07, 6.45) is 0.0744. The minimum atomic E-state index is -3.62. The van der Waals surface area contributed by atoms with Crippen LogP contribution >= 0.6 is 15.9 Å². The molecule has 2 rings (SSSR count). The van der Waals surface area contributed by atoms with Crippen LogP contribution in [-0.4, -0.2) is 20.9 Å². The molecule has 1 amide bonds. The van der Waals surface area contributed by atoms with Crippen LogP contribution in [0.5, 0.6) is 0 Å². The van der Waals surface area contributed by atoms with Gasteiger partial charge in [-0.25, -0.2) is 13.1 Å². The summed E-state index contributed by atoms with van der Waals surface area (Å²) < 4.78 is 28.2. The van der Waals surface area contributed by atoms with Crippen LogP contribution in [0.25, 0.3) is 0 Å². The monoisotopic (exact) mass is 438 g/mol.